The Balaban J connectivity index is 2.59. The number of nitrogens with one attached hydrogen (secondary N) is 1. The highest BCUT2D eigenvalue weighted by Crippen LogP contribution is 2.09. The molecule has 0 spiro atoms. The Labute approximate surface area is 97.8 Å². The van der Waals surface area contributed by atoms with E-state index in [1.807, 2.05) is 38.2 Å². The van der Waals surface area contributed by atoms with E-state index in [0.29, 0.717) is 6.42 Å². The lowest BCUT2D eigenvalue weighted by Crippen LogP contribution is -2.15. The van der Waals surface area contributed by atoms with Gasteiger partial charge in [-0.1, -0.05) is 29.8 Å². The van der Waals surface area contributed by atoms with Gasteiger partial charge in [0.05, 0.1) is 11.5 Å². The second kappa shape index (κ2) is 6.01. The third-order valence-electron chi connectivity index (χ3n) is 2.35. The molecule has 1 N–H and O–H groups in total. The molecule has 0 aliphatic carbocycles. The minimum absolute atomic E-state index is 0.151. The molecule has 0 aliphatic rings. The molecule has 0 saturated heterocycles. The second-order valence-electron chi connectivity index (χ2n) is 4.04. The maximum absolute atomic E-state index is 11.8. The summed E-state index contributed by atoms with van der Waals surface area (Å²) >= 11 is 0. The lowest BCUT2D eigenvalue weighted by molar-refractivity contribution is 0.591. The Hall–Kier alpha value is -0.870. The van der Waals surface area contributed by atoms with E-state index in [1.165, 1.54) is 0 Å². The second-order valence-corrected chi connectivity index (χ2v) is 6.22. The predicted octanol–water partition coefficient (Wildman–Crippen LogP) is 1.52. The highest BCUT2D eigenvalue weighted by molar-refractivity contribution is 7.90. The maximum atomic E-state index is 11.8. The van der Waals surface area contributed by atoms with Crippen LogP contribution in [-0.2, 0) is 15.6 Å². The molecule has 0 fully saturated rings. The van der Waals surface area contributed by atoms with Crippen LogP contribution in [0.3, 0.4) is 0 Å². The van der Waals surface area contributed by atoms with Gasteiger partial charge >= 0.3 is 0 Å². The Morgan fingerprint density at radius 2 is 2.06 bits per heavy atom. The molecule has 1 rings (SSSR count). The molecular weight excluding hydrogens is 222 g/mol. The fraction of sp³-hybridized carbons (Fsp3) is 0.500. The molecule has 1 aromatic carbocycles. The Morgan fingerprint density at radius 1 is 1.31 bits per heavy atom. The van der Waals surface area contributed by atoms with Crippen molar-refractivity contribution in [1.29, 1.82) is 0 Å². The summed E-state index contributed by atoms with van der Waals surface area (Å²) in [6, 6.07) is 7.66. The largest absolute Gasteiger partial charge is 0.320 e. The summed E-state index contributed by atoms with van der Waals surface area (Å²) in [6.45, 7) is 2.71. The van der Waals surface area contributed by atoms with Crippen molar-refractivity contribution < 1.29 is 8.42 Å². The fourth-order valence-electron chi connectivity index (χ4n) is 1.60. The number of rotatable bonds is 6. The molecule has 0 aliphatic heterocycles. The van der Waals surface area contributed by atoms with E-state index in [4.69, 9.17) is 0 Å². The molecular formula is C12H19NO2S. The molecule has 0 saturated carbocycles. The zero-order valence-corrected chi connectivity index (χ0v) is 10.7. The molecule has 0 radical (unpaired) electrons. The molecule has 0 bridgehead atoms. The Kier molecular flexibility index (Phi) is 4.96. The summed E-state index contributed by atoms with van der Waals surface area (Å²) in [7, 11) is -1.14. The number of hydrogen-bond acceptors (Lipinski definition) is 3. The molecule has 0 atom stereocenters. The van der Waals surface area contributed by atoms with Crippen LogP contribution in [0.1, 0.15) is 17.5 Å². The van der Waals surface area contributed by atoms with Crippen LogP contribution in [0.15, 0.2) is 24.3 Å². The summed E-state index contributed by atoms with van der Waals surface area (Å²) < 4.78 is 23.5. The number of sulfone groups is 1. The van der Waals surface area contributed by atoms with Gasteiger partial charge in [0.15, 0.2) is 9.84 Å². The fourth-order valence-corrected chi connectivity index (χ4v) is 3.01. The van der Waals surface area contributed by atoms with Gasteiger partial charge in [0.2, 0.25) is 0 Å². The van der Waals surface area contributed by atoms with Gasteiger partial charge in [0.25, 0.3) is 0 Å². The minimum Gasteiger partial charge on any atom is -0.320 e. The van der Waals surface area contributed by atoms with Crippen molar-refractivity contribution in [2.24, 2.45) is 0 Å². The predicted molar refractivity (Wildman–Crippen MR) is 67.2 cm³/mol. The van der Waals surface area contributed by atoms with Crippen molar-refractivity contribution in [3.05, 3.63) is 35.4 Å². The first-order valence-corrected chi connectivity index (χ1v) is 7.26. The van der Waals surface area contributed by atoms with Crippen molar-refractivity contribution >= 4 is 9.84 Å². The van der Waals surface area contributed by atoms with Gasteiger partial charge in [0.1, 0.15) is 0 Å². The SMILES string of the molecule is CNCCCS(=O)(=O)Cc1cccc(C)c1. The van der Waals surface area contributed by atoms with E-state index in [1.54, 1.807) is 0 Å². The van der Waals surface area contributed by atoms with Crippen LogP contribution in [0.2, 0.25) is 0 Å². The summed E-state index contributed by atoms with van der Waals surface area (Å²) in [4.78, 5) is 0. The maximum Gasteiger partial charge on any atom is 0.154 e. The molecule has 0 unspecified atom stereocenters. The number of aryl methyl sites for hydroxylation is 1. The lowest BCUT2D eigenvalue weighted by Gasteiger charge is -2.05. The number of hydrogen-bond donors (Lipinski definition) is 1. The highest BCUT2D eigenvalue weighted by atomic mass is 32.2. The zero-order valence-electron chi connectivity index (χ0n) is 9.86. The van der Waals surface area contributed by atoms with Crippen LogP contribution in [0, 0.1) is 6.92 Å². The van der Waals surface area contributed by atoms with Gasteiger partial charge in [-0.25, -0.2) is 8.42 Å². The zero-order chi connectivity index (χ0) is 12.0. The first kappa shape index (κ1) is 13.2. The van der Waals surface area contributed by atoms with Crippen LogP contribution in [0.5, 0.6) is 0 Å². The minimum atomic E-state index is -2.96. The standard InChI is InChI=1S/C12H19NO2S/c1-11-5-3-6-12(9-11)10-16(14,15)8-4-7-13-2/h3,5-6,9,13H,4,7-8,10H2,1-2H3. The van der Waals surface area contributed by atoms with Gasteiger partial charge in [-0.3, -0.25) is 0 Å². The summed E-state index contributed by atoms with van der Waals surface area (Å²) in [5, 5.41) is 2.95. The summed E-state index contributed by atoms with van der Waals surface area (Å²) in [5.41, 5.74) is 1.98. The molecule has 3 nitrogen and oxygen atoms in total. The monoisotopic (exact) mass is 241 g/mol. The molecule has 0 aromatic heterocycles. The molecule has 1 aromatic rings. The van der Waals surface area contributed by atoms with Crippen LogP contribution in [-0.4, -0.2) is 27.8 Å². The van der Waals surface area contributed by atoms with Gasteiger partial charge in [-0.05, 0) is 32.5 Å². The van der Waals surface area contributed by atoms with E-state index >= 15 is 0 Å². The van der Waals surface area contributed by atoms with E-state index in [-0.39, 0.29) is 11.5 Å². The third kappa shape index (κ3) is 4.77. The lowest BCUT2D eigenvalue weighted by atomic mass is 10.2. The smallest absolute Gasteiger partial charge is 0.154 e. The van der Waals surface area contributed by atoms with Crippen molar-refractivity contribution in [2.45, 2.75) is 19.1 Å². The molecule has 0 amide bonds. The average molecular weight is 241 g/mol. The van der Waals surface area contributed by atoms with Gasteiger partial charge < -0.3 is 5.32 Å². The van der Waals surface area contributed by atoms with Crippen molar-refractivity contribution in [1.82, 2.24) is 5.32 Å². The van der Waals surface area contributed by atoms with Crippen molar-refractivity contribution in [3.8, 4) is 0 Å². The van der Waals surface area contributed by atoms with Crippen LogP contribution in [0.4, 0.5) is 0 Å². The topological polar surface area (TPSA) is 46.2 Å². The van der Waals surface area contributed by atoms with E-state index in [2.05, 4.69) is 5.32 Å². The summed E-state index contributed by atoms with van der Waals surface area (Å²) in [5.74, 6) is 0.403. The van der Waals surface area contributed by atoms with E-state index in [9.17, 15) is 8.42 Å². The first-order valence-electron chi connectivity index (χ1n) is 5.44. The van der Waals surface area contributed by atoms with Gasteiger partial charge in [0, 0.05) is 0 Å². The molecule has 0 heterocycles. The Bertz CT molecular complexity index is 426. The van der Waals surface area contributed by atoms with Crippen molar-refractivity contribution in [3.63, 3.8) is 0 Å². The van der Waals surface area contributed by atoms with E-state index in [0.717, 1.165) is 17.7 Å². The normalized spacial score (nSPS) is 11.6. The van der Waals surface area contributed by atoms with Gasteiger partial charge in [-0.2, -0.15) is 0 Å². The van der Waals surface area contributed by atoms with Crippen LogP contribution in [0.25, 0.3) is 0 Å². The Morgan fingerprint density at radius 3 is 2.69 bits per heavy atom. The van der Waals surface area contributed by atoms with E-state index < -0.39 is 9.84 Å². The third-order valence-corrected chi connectivity index (χ3v) is 4.04. The quantitative estimate of drug-likeness (QED) is 0.768. The highest BCUT2D eigenvalue weighted by Gasteiger charge is 2.11. The van der Waals surface area contributed by atoms with Crippen LogP contribution < -0.4 is 5.32 Å². The number of benzene rings is 1. The molecule has 4 heteroatoms. The summed E-state index contributed by atoms with van der Waals surface area (Å²) in [6.07, 6.45) is 0.671. The molecule has 16 heavy (non-hydrogen) atoms. The van der Waals surface area contributed by atoms with Gasteiger partial charge in [-0.15, -0.1) is 0 Å². The van der Waals surface area contributed by atoms with Crippen LogP contribution >= 0.6 is 0 Å². The molecule has 90 valence electrons. The van der Waals surface area contributed by atoms with Crippen molar-refractivity contribution in [2.75, 3.05) is 19.3 Å². The first-order chi connectivity index (χ1) is 7.53. The average Bonchev–Trinajstić information content (AvgIpc) is 2.17.